The lowest BCUT2D eigenvalue weighted by atomic mass is 10.2. The van der Waals surface area contributed by atoms with Crippen molar-refractivity contribution in [2.45, 2.75) is 30.6 Å². The quantitative estimate of drug-likeness (QED) is 0.746. The molecule has 1 fully saturated rings. The fourth-order valence-corrected chi connectivity index (χ4v) is 4.68. The Hall–Kier alpha value is -2.58. The maximum atomic E-state index is 12.8. The van der Waals surface area contributed by atoms with Gasteiger partial charge in [-0.3, -0.25) is 4.79 Å². The molecule has 29 heavy (non-hydrogen) atoms. The second-order valence-electron chi connectivity index (χ2n) is 6.86. The van der Waals surface area contributed by atoms with Crippen molar-refractivity contribution in [3.63, 3.8) is 0 Å². The predicted octanol–water partition coefficient (Wildman–Crippen LogP) is 3.28. The number of amides is 1. The number of benzene rings is 2. The standard InChI is InChI=1S/C21H26N2O5S/c1-27-18-8-6-17(7-9-18)22-21(24)16-28-19-10-12-20(13-11-19)29(25,26)23-14-4-2-3-5-15-23/h6-13H,2-5,14-16H2,1H3,(H,22,24). The Balaban J connectivity index is 1.55. The van der Waals surface area contributed by atoms with Gasteiger partial charge in [-0.25, -0.2) is 8.42 Å². The largest absolute Gasteiger partial charge is 0.497 e. The monoisotopic (exact) mass is 418 g/mol. The number of hydrogen-bond donors (Lipinski definition) is 1. The SMILES string of the molecule is COc1ccc(NC(=O)COc2ccc(S(=O)(=O)N3CCCCCC3)cc2)cc1. The molecule has 0 saturated carbocycles. The van der Waals surface area contributed by atoms with Crippen molar-refractivity contribution >= 4 is 21.6 Å². The van der Waals surface area contributed by atoms with E-state index >= 15 is 0 Å². The molecular formula is C21H26N2O5S. The van der Waals surface area contributed by atoms with E-state index in [1.54, 1.807) is 47.8 Å². The Morgan fingerprint density at radius 2 is 1.52 bits per heavy atom. The van der Waals surface area contributed by atoms with Crippen LogP contribution in [0.1, 0.15) is 25.7 Å². The van der Waals surface area contributed by atoms with E-state index in [2.05, 4.69) is 5.32 Å². The van der Waals surface area contributed by atoms with Crippen LogP contribution in [0.4, 0.5) is 5.69 Å². The molecule has 1 aliphatic heterocycles. The summed E-state index contributed by atoms with van der Waals surface area (Å²) < 4.78 is 37.7. The summed E-state index contributed by atoms with van der Waals surface area (Å²) in [5.41, 5.74) is 0.637. The summed E-state index contributed by atoms with van der Waals surface area (Å²) in [7, 11) is -1.92. The summed E-state index contributed by atoms with van der Waals surface area (Å²) in [5.74, 6) is 0.829. The number of sulfonamides is 1. The fourth-order valence-electron chi connectivity index (χ4n) is 3.16. The van der Waals surface area contributed by atoms with Crippen LogP contribution in [0.3, 0.4) is 0 Å². The van der Waals surface area contributed by atoms with E-state index in [-0.39, 0.29) is 17.4 Å². The summed E-state index contributed by atoms with van der Waals surface area (Å²) in [5, 5.41) is 2.73. The maximum Gasteiger partial charge on any atom is 0.262 e. The smallest absolute Gasteiger partial charge is 0.262 e. The van der Waals surface area contributed by atoms with Crippen LogP contribution in [0, 0.1) is 0 Å². The van der Waals surface area contributed by atoms with Gasteiger partial charge in [0.2, 0.25) is 10.0 Å². The normalized spacial score (nSPS) is 15.3. The van der Waals surface area contributed by atoms with E-state index in [4.69, 9.17) is 9.47 Å². The van der Waals surface area contributed by atoms with Gasteiger partial charge >= 0.3 is 0 Å². The second-order valence-corrected chi connectivity index (χ2v) is 8.79. The third kappa shape index (κ3) is 5.71. The lowest BCUT2D eigenvalue weighted by molar-refractivity contribution is -0.118. The van der Waals surface area contributed by atoms with Gasteiger partial charge < -0.3 is 14.8 Å². The molecule has 0 unspecified atom stereocenters. The number of hydrogen-bond acceptors (Lipinski definition) is 5. The van der Waals surface area contributed by atoms with Crippen LogP contribution >= 0.6 is 0 Å². The van der Waals surface area contributed by atoms with Gasteiger partial charge in [-0.2, -0.15) is 4.31 Å². The Bertz CT molecular complexity index is 903. The third-order valence-electron chi connectivity index (χ3n) is 4.77. The summed E-state index contributed by atoms with van der Waals surface area (Å²) in [6.45, 7) is 0.947. The van der Waals surface area contributed by atoms with Crippen molar-refractivity contribution in [2.75, 3.05) is 32.1 Å². The first-order valence-electron chi connectivity index (χ1n) is 9.66. The van der Waals surface area contributed by atoms with Crippen molar-refractivity contribution in [3.8, 4) is 11.5 Å². The molecule has 0 aliphatic carbocycles. The summed E-state index contributed by atoms with van der Waals surface area (Å²) in [4.78, 5) is 12.3. The Morgan fingerprint density at radius 3 is 2.10 bits per heavy atom. The van der Waals surface area contributed by atoms with Crippen LogP contribution in [-0.2, 0) is 14.8 Å². The van der Waals surface area contributed by atoms with E-state index in [0.717, 1.165) is 25.7 Å². The van der Waals surface area contributed by atoms with Gasteiger partial charge in [0.15, 0.2) is 6.61 Å². The number of nitrogens with one attached hydrogen (secondary N) is 1. The zero-order valence-corrected chi connectivity index (χ0v) is 17.3. The Morgan fingerprint density at radius 1 is 0.931 bits per heavy atom. The molecular weight excluding hydrogens is 392 g/mol. The minimum absolute atomic E-state index is 0.176. The minimum atomic E-state index is -3.49. The molecule has 2 aromatic rings. The topological polar surface area (TPSA) is 84.9 Å². The zero-order valence-electron chi connectivity index (χ0n) is 16.5. The maximum absolute atomic E-state index is 12.8. The highest BCUT2D eigenvalue weighted by Crippen LogP contribution is 2.22. The first-order valence-corrected chi connectivity index (χ1v) is 11.1. The average molecular weight is 419 g/mol. The van der Waals surface area contributed by atoms with E-state index in [9.17, 15) is 13.2 Å². The number of anilines is 1. The molecule has 0 aromatic heterocycles. The third-order valence-corrected chi connectivity index (χ3v) is 6.68. The molecule has 1 N–H and O–H groups in total. The van der Waals surface area contributed by atoms with Crippen LogP contribution < -0.4 is 14.8 Å². The van der Waals surface area contributed by atoms with Gasteiger partial charge in [-0.1, -0.05) is 12.8 Å². The number of carbonyl (C=O) groups is 1. The van der Waals surface area contributed by atoms with Crippen molar-refractivity contribution in [1.82, 2.24) is 4.31 Å². The Kier molecular flexibility index (Phi) is 7.11. The molecule has 0 atom stereocenters. The van der Waals surface area contributed by atoms with Crippen LogP contribution in [0.5, 0.6) is 11.5 Å². The number of nitrogens with zero attached hydrogens (tertiary/aromatic N) is 1. The molecule has 2 aromatic carbocycles. The number of ether oxygens (including phenoxy) is 2. The van der Waals surface area contributed by atoms with Gasteiger partial charge in [0.25, 0.3) is 5.91 Å². The van der Waals surface area contributed by atoms with Crippen molar-refractivity contribution in [2.24, 2.45) is 0 Å². The van der Waals surface area contributed by atoms with Gasteiger partial charge in [0.1, 0.15) is 11.5 Å². The van der Waals surface area contributed by atoms with Crippen LogP contribution in [-0.4, -0.2) is 45.4 Å². The molecule has 0 bridgehead atoms. The highest BCUT2D eigenvalue weighted by atomic mass is 32.2. The Labute approximate surface area is 171 Å². The molecule has 156 valence electrons. The molecule has 0 spiro atoms. The van der Waals surface area contributed by atoms with Gasteiger partial charge in [-0.05, 0) is 61.4 Å². The molecule has 3 rings (SSSR count). The molecule has 1 aliphatic rings. The molecule has 1 saturated heterocycles. The van der Waals surface area contributed by atoms with Crippen molar-refractivity contribution in [1.29, 1.82) is 0 Å². The summed E-state index contributed by atoms with van der Waals surface area (Å²) in [6, 6.07) is 13.2. The molecule has 0 radical (unpaired) electrons. The highest BCUT2D eigenvalue weighted by Gasteiger charge is 2.25. The second kappa shape index (κ2) is 9.76. The van der Waals surface area contributed by atoms with E-state index < -0.39 is 10.0 Å². The number of rotatable bonds is 7. The molecule has 8 heteroatoms. The number of methoxy groups -OCH3 is 1. The number of carbonyl (C=O) groups excluding carboxylic acids is 1. The van der Waals surface area contributed by atoms with Gasteiger partial charge in [0, 0.05) is 18.8 Å². The van der Waals surface area contributed by atoms with E-state index in [1.807, 2.05) is 0 Å². The van der Waals surface area contributed by atoms with E-state index in [1.165, 1.54) is 12.1 Å². The van der Waals surface area contributed by atoms with Crippen molar-refractivity contribution < 1.29 is 22.7 Å². The van der Waals surface area contributed by atoms with Crippen LogP contribution in [0.15, 0.2) is 53.4 Å². The van der Waals surface area contributed by atoms with Crippen LogP contribution in [0.25, 0.3) is 0 Å². The van der Waals surface area contributed by atoms with Crippen LogP contribution in [0.2, 0.25) is 0 Å². The minimum Gasteiger partial charge on any atom is -0.497 e. The molecule has 7 nitrogen and oxygen atoms in total. The lowest BCUT2D eigenvalue weighted by Crippen LogP contribution is -2.31. The van der Waals surface area contributed by atoms with Crippen molar-refractivity contribution in [3.05, 3.63) is 48.5 Å². The highest BCUT2D eigenvalue weighted by molar-refractivity contribution is 7.89. The van der Waals surface area contributed by atoms with E-state index in [0.29, 0.717) is 30.3 Å². The first-order chi connectivity index (χ1) is 14.0. The average Bonchev–Trinajstić information content (AvgIpc) is 3.03. The predicted molar refractivity (Wildman–Crippen MR) is 111 cm³/mol. The first kappa shape index (κ1) is 21.1. The fraction of sp³-hybridized carbons (Fsp3) is 0.381. The summed E-state index contributed by atoms with van der Waals surface area (Å²) >= 11 is 0. The molecule has 1 amide bonds. The zero-order chi connectivity index (χ0) is 20.7. The van der Waals surface area contributed by atoms with Gasteiger partial charge in [0.05, 0.1) is 12.0 Å². The van der Waals surface area contributed by atoms with Gasteiger partial charge in [-0.15, -0.1) is 0 Å². The molecule has 1 heterocycles. The lowest BCUT2D eigenvalue weighted by Gasteiger charge is -2.20. The summed E-state index contributed by atoms with van der Waals surface area (Å²) in [6.07, 6.45) is 3.92.